The molecule has 0 saturated heterocycles. The molecule has 0 bridgehead atoms. The summed E-state index contributed by atoms with van der Waals surface area (Å²) in [5.41, 5.74) is -0.158. The Kier molecular flexibility index (Phi) is 9.46. The molecule has 0 aromatic heterocycles. The van der Waals surface area contributed by atoms with Gasteiger partial charge in [0.1, 0.15) is 16.9 Å². The topological polar surface area (TPSA) is 73.9 Å². The highest BCUT2D eigenvalue weighted by Gasteiger charge is 2.35. The Balaban J connectivity index is 3.12. The minimum absolute atomic E-state index is 0.0922. The zero-order valence-corrected chi connectivity index (χ0v) is 18.3. The van der Waals surface area contributed by atoms with Crippen molar-refractivity contribution in [3.8, 4) is 5.75 Å². The summed E-state index contributed by atoms with van der Waals surface area (Å²) in [5.74, 6) is 0.00607. The van der Waals surface area contributed by atoms with Crippen LogP contribution in [0.25, 0.3) is 0 Å². The molecule has 1 atom stereocenters. The molecule has 1 aromatic rings. The van der Waals surface area contributed by atoms with Crippen LogP contribution in [0.3, 0.4) is 0 Å². The number of carbonyl (C=O) groups is 2. The van der Waals surface area contributed by atoms with Gasteiger partial charge in [-0.2, -0.15) is 0 Å². The minimum Gasteiger partial charge on any atom is -0.490 e. The first-order valence-corrected chi connectivity index (χ1v) is 10.1. The first-order valence-electron chi connectivity index (χ1n) is 10.1. The van der Waals surface area contributed by atoms with Crippen LogP contribution >= 0.6 is 0 Å². The first kappa shape index (κ1) is 24.0. The molecule has 0 heterocycles. The van der Waals surface area contributed by atoms with Crippen LogP contribution in [-0.2, 0) is 14.3 Å². The number of amides is 1. The van der Waals surface area contributed by atoms with Crippen LogP contribution in [0.4, 0.5) is 5.69 Å². The van der Waals surface area contributed by atoms with Gasteiger partial charge in [-0.1, -0.05) is 20.8 Å². The fourth-order valence-electron chi connectivity index (χ4n) is 2.92. The number of hydrogen-bond donors (Lipinski definition) is 1. The van der Waals surface area contributed by atoms with Crippen molar-refractivity contribution in [1.82, 2.24) is 0 Å². The Bertz CT molecular complexity index is 656. The number of nitrogens with one attached hydrogen (secondary N) is 1. The molecule has 0 aliphatic rings. The summed E-state index contributed by atoms with van der Waals surface area (Å²) in [5, 5.41) is 2.89. The van der Waals surface area contributed by atoms with E-state index in [9.17, 15) is 9.59 Å². The Morgan fingerprint density at radius 1 is 1.14 bits per heavy atom. The summed E-state index contributed by atoms with van der Waals surface area (Å²) in [6, 6.07) is 4.98. The fourth-order valence-corrected chi connectivity index (χ4v) is 2.92. The molecule has 0 saturated carbocycles. The molecular formula is C22H35NO5. The third-order valence-corrected chi connectivity index (χ3v) is 4.00. The van der Waals surface area contributed by atoms with Gasteiger partial charge in [0.15, 0.2) is 0 Å². The van der Waals surface area contributed by atoms with Gasteiger partial charge in [-0.15, -0.1) is 0 Å². The maximum Gasteiger partial charge on any atom is 0.341 e. The van der Waals surface area contributed by atoms with E-state index in [-0.39, 0.29) is 24.2 Å². The molecule has 0 unspecified atom stereocenters. The number of ether oxygens (including phenoxy) is 3. The highest BCUT2D eigenvalue weighted by molar-refractivity contribution is 5.99. The number of rotatable bonds is 11. The lowest BCUT2D eigenvalue weighted by atomic mass is 9.93. The van der Waals surface area contributed by atoms with E-state index in [2.05, 4.69) is 19.2 Å². The van der Waals surface area contributed by atoms with E-state index in [1.165, 1.54) is 0 Å². The van der Waals surface area contributed by atoms with Crippen LogP contribution in [0.15, 0.2) is 18.2 Å². The molecule has 1 aromatic carbocycles. The fraction of sp³-hybridized carbons (Fsp3) is 0.636. The van der Waals surface area contributed by atoms with Gasteiger partial charge in [-0.25, -0.2) is 4.79 Å². The summed E-state index contributed by atoms with van der Waals surface area (Å²) in [6.07, 6.45) is 1.33. The van der Waals surface area contributed by atoms with Crippen LogP contribution in [0.5, 0.6) is 5.75 Å². The maximum absolute atomic E-state index is 13.0. The lowest BCUT2D eigenvalue weighted by Crippen LogP contribution is -2.44. The second kappa shape index (κ2) is 11.1. The van der Waals surface area contributed by atoms with Crippen molar-refractivity contribution in [2.75, 3.05) is 18.5 Å². The number of hydrogen-bond acceptors (Lipinski definition) is 5. The summed E-state index contributed by atoms with van der Waals surface area (Å²) >= 11 is 0. The van der Waals surface area contributed by atoms with Crippen LogP contribution in [-0.4, -0.2) is 36.8 Å². The van der Waals surface area contributed by atoms with E-state index in [0.29, 0.717) is 30.4 Å². The molecule has 6 heteroatoms. The smallest absolute Gasteiger partial charge is 0.341 e. The lowest BCUT2D eigenvalue weighted by molar-refractivity contribution is -0.141. The molecular weight excluding hydrogens is 358 g/mol. The van der Waals surface area contributed by atoms with E-state index in [1.54, 1.807) is 32.0 Å². The van der Waals surface area contributed by atoms with Gasteiger partial charge < -0.3 is 19.5 Å². The van der Waals surface area contributed by atoms with Gasteiger partial charge in [0.2, 0.25) is 0 Å². The number of benzene rings is 1. The van der Waals surface area contributed by atoms with E-state index in [4.69, 9.17) is 14.2 Å². The van der Waals surface area contributed by atoms with Crippen LogP contribution in [0.2, 0.25) is 0 Å². The monoisotopic (exact) mass is 393 g/mol. The molecule has 1 amide bonds. The van der Waals surface area contributed by atoms with Gasteiger partial charge in [-0.3, -0.25) is 4.79 Å². The van der Waals surface area contributed by atoms with Crippen LogP contribution in [0.1, 0.15) is 71.7 Å². The van der Waals surface area contributed by atoms with Crippen LogP contribution in [0, 0.1) is 5.92 Å². The van der Waals surface area contributed by atoms with Gasteiger partial charge in [0, 0.05) is 12.3 Å². The third-order valence-electron chi connectivity index (χ3n) is 4.00. The van der Waals surface area contributed by atoms with Crippen molar-refractivity contribution >= 4 is 17.6 Å². The molecule has 158 valence electrons. The quantitative estimate of drug-likeness (QED) is 0.546. The Labute approximate surface area is 168 Å². The standard InChI is InChI=1S/C22H35NO5/c1-8-12-27-22(7,14-15(3)4)21(25)23-17-10-11-19(28-16(5)6)18(13-17)20(24)26-9-2/h10-11,13,15-16H,8-9,12,14H2,1-7H3,(H,23,25)/t22-/m1/s1. The van der Waals surface area contributed by atoms with Crippen molar-refractivity contribution in [2.45, 2.75) is 73.0 Å². The van der Waals surface area contributed by atoms with Gasteiger partial charge in [-0.05, 0) is 64.7 Å². The summed E-state index contributed by atoms with van der Waals surface area (Å²) in [7, 11) is 0. The second-order valence-electron chi connectivity index (χ2n) is 7.73. The van der Waals surface area contributed by atoms with Crippen molar-refractivity contribution in [3.05, 3.63) is 23.8 Å². The molecule has 1 N–H and O–H groups in total. The molecule has 6 nitrogen and oxygen atoms in total. The van der Waals surface area contributed by atoms with Gasteiger partial charge in [0.05, 0.1) is 12.7 Å². The largest absolute Gasteiger partial charge is 0.490 e. The molecule has 0 spiro atoms. The Morgan fingerprint density at radius 2 is 1.82 bits per heavy atom. The molecule has 0 fully saturated rings. The van der Waals surface area contributed by atoms with E-state index >= 15 is 0 Å². The number of carbonyl (C=O) groups excluding carboxylic acids is 2. The molecule has 0 aliphatic carbocycles. The zero-order chi connectivity index (χ0) is 21.3. The second-order valence-corrected chi connectivity index (χ2v) is 7.73. The lowest BCUT2D eigenvalue weighted by Gasteiger charge is -2.30. The summed E-state index contributed by atoms with van der Waals surface area (Å²) in [4.78, 5) is 25.3. The average molecular weight is 394 g/mol. The highest BCUT2D eigenvalue weighted by Crippen LogP contribution is 2.28. The zero-order valence-electron chi connectivity index (χ0n) is 18.3. The van der Waals surface area contributed by atoms with Gasteiger partial charge in [0.25, 0.3) is 5.91 Å². The number of esters is 1. The molecule has 28 heavy (non-hydrogen) atoms. The predicted molar refractivity (Wildman–Crippen MR) is 111 cm³/mol. The van der Waals surface area contributed by atoms with Crippen molar-refractivity contribution in [3.63, 3.8) is 0 Å². The summed E-state index contributed by atoms with van der Waals surface area (Å²) in [6.45, 7) is 14.2. The highest BCUT2D eigenvalue weighted by atomic mass is 16.5. The van der Waals surface area contributed by atoms with Crippen molar-refractivity contribution in [1.29, 1.82) is 0 Å². The molecule has 0 radical (unpaired) electrons. The predicted octanol–water partition coefficient (Wildman–Crippen LogP) is 4.82. The van der Waals surface area contributed by atoms with E-state index in [1.807, 2.05) is 20.8 Å². The first-order chi connectivity index (χ1) is 13.1. The van der Waals surface area contributed by atoms with Crippen LogP contribution < -0.4 is 10.1 Å². The normalized spacial score (nSPS) is 13.3. The Hall–Kier alpha value is -2.08. The van der Waals surface area contributed by atoms with Crippen molar-refractivity contribution in [2.24, 2.45) is 5.92 Å². The minimum atomic E-state index is -0.943. The Morgan fingerprint density at radius 3 is 2.36 bits per heavy atom. The van der Waals surface area contributed by atoms with E-state index < -0.39 is 11.6 Å². The van der Waals surface area contributed by atoms with Crippen molar-refractivity contribution < 1.29 is 23.8 Å². The third kappa shape index (κ3) is 7.15. The molecule has 0 aliphatic heterocycles. The number of anilines is 1. The summed E-state index contributed by atoms with van der Waals surface area (Å²) < 4.78 is 16.7. The molecule has 1 rings (SSSR count). The SMILES string of the molecule is CCCO[C@](C)(CC(C)C)C(=O)Nc1ccc(OC(C)C)c(C(=O)OCC)c1. The van der Waals surface area contributed by atoms with Gasteiger partial charge >= 0.3 is 5.97 Å². The van der Waals surface area contributed by atoms with E-state index in [0.717, 1.165) is 6.42 Å². The maximum atomic E-state index is 13.0. The average Bonchev–Trinajstić information content (AvgIpc) is 2.60.